The van der Waals surface area contributed by atoms with Crippen LogP contribution in [0.3, 0.4) is 0 Å². The molecule has 2 rings (SSSR count). The lowest BCUT2D eigenvalue weighted by Crippen LogP contribution is -2.22. The molecule has 0 heterocycles. The number of aryl methyl sites for hydroxylation is 2. The van der Waals surface area contributed by atoms with Gasteiger partial charge in [-0.25, -0.2) is 0 Å². The fourth-order valence-corrected chi connectivity index (χ4v) is 2.78. The van der Waals surface area contributed by atoms with Crippen molar-refractivity contribution in [2.24, 2.45) is 5.92 Å². The zero-order valence-electron chi connectivity index (χ0n) is 14.4. The lowest BCUT2D eigenvalue weighted by Gasteiger charge is -2.16. The first-order valence-electron chi connectivity index (χ1n) is 8.08. The monoisotopic (exact) mass is 342 g/mol. The molecule has 25 heavy (non-hydrogen) atoms. The van der Waals surface area contributed by atoms with Gasteiger partial charge in [0.2, 0.25) is 0 Å². The van der Waals surface area contributed by atoms with Gasteiger partial charge >= 0.3 is 11.9 Å². The summed E-state index contributed by atoms with van der Waals surface area (Å²) >= 11 is 0. The summed E-state index contributed by atoms with van der Waals surface area (Å²) in [5, 5.41) is 19.0. The van der Waals surface area contributed by atoms with Crippen LogP contribution in [0.5, 0.6) is 5.75 Å². The third kappa shape index (κ3) is 5.35. The summed E-state index contributed by atoms with van der Waals surface area (Å²) in [7, 11) is 0. The molecule has 0 aliphatic heterocycles. The SMILES string of the molecule is Cc1cc(O)cc(C)c1C[C@H](CC(=O)OCc1ccccc1)C(=O)O. The summed E-state index contributed by atoms with van der Waals surface area (Å²) in [5.74, 6) is -2.30. The lowest BCUT2D eigenvalue weighted by atomic mass is 9.90. The first-order chi connectivity index (χ1) is 11.9. The molecule has 0 saturated heterocycles. The Morgan fingerprint density at radius 1 is 1.08 bits per heavy atom. The van der Waals surface area contributed by atoms with Gasteiger partial charge in [-0.15, -0.1) is 0 Å². The molecular formula is C20H22O5. The van der Waals surface area contributed by atoms with Crippen molar-refractivity contribution >= 4 is 11.9 Å². The number of phenolic OH excluding ortho intramolecular Hbond substituents is 1. The molecule has 0 aliphatic carbocycles. The second-order valence-corrected chi connectivity index (χ2v) is 6.15. The highest BCUT2D eigenvalue weighted by Crippen LogP contribution is 2.25. The number of benzene rings is 2. The molecule has 132 valence electrons. The Morgan fingerprint density at radius 2 is 1.68 bits per heavy atom. The van der Waals surface area contributed by atoms with Gasteiger partial charge in [0.1, 0.15) is 12.4 Å². The Balaban J connectivity index is 2.01. The summed E-state index contributed by atoms with van der Waals surface area (Å²) in [5.41, 5.74) is 3.30. The molecule has 0 aliphatic rings. The standard InChI is InChI=1S/C20H22O5/c1-13-8-17(21)9-14(2)18(13)10-16(20(23)24)11-19(22)25-12-15-6-4-3-5-7-15/h3-9,16,21H,10-12H2,1-2H3,(H,23,24)/t16-/m1/s1. The van der Waals surface area contributed by atoms with Crippen LogP contribution in [0.15, 0.2) is 42.5 Å². The molecule has 2 aromatic carbocycles. The van der Waals surface area contributed by atoms with Gasteiger partial charge in [0.25, 0.3) is 0 Å². The largest absolute Gasteiger partial charge is 0.508 e. The van der Waals surface area contributed by atoms with Gasteiger partial charge in [-0.1, -0.05) is 30.3 Å². The Kier molecular flexibility index (Phi) is 6.17. The maximum Gasteiger partial charge on any atom is 0.307 e. The maximum absolute atomic E-state index is 12.0. The minimum Gasteiger partial charge on any atom is -0.508 e. The number of rotatable bonds is 7. The van der Waals surface area contributed by atoms with Crippen LogP contribution in [-0.4, -0.2) is 22.2 Å². The predicted octanol–water partition coefficient (Wildman–Crippen LogP) is 3.39. The lowest BCUT2D eigenvalue weighted by molar-refractivity contribution is -0.152. The van der Waals surface area contributed by atoms with Crippen molar-refractivity contribution in [3.8, 4) is 5.75 Å². The summed E-state index contributed by atoms with van der Waals surface area (Å²) < 4.78 is 5.18. The molecule has 0 bridgehead atoms. The van der Waals surface area contributed by atoms with Gasteiger partial charge in [0.05, 0.1) is 12.3 Å². The quantitative estimate of drug-likeness (QED) is 0.754. The van der Waals surface area contributed by atoms with E-state index >= 15 is 0 Å². The van der Waals surface area contributed by atoms with Crippen LogP contribution in [-0.2, 0) is 27.4 Å². The normalized spacial score (nSPS) is 11.8. The molecule has 1 atom stereocenters. The van der Waals surface area contributed by atoms with E-state index in [0.717, 1.165) is 22.3 Å². The van der Waals surface area contributed by atoms with Gasteiger partial charge in [0, 0.05) is 0 Å². The molecule has 0 unspecified atom stereocenters. The first-order valence-corrected chi connectivity index (χ1v) is 8.08. The highest BCUT2D eigenvalue weighted by molar-refractivity contribution is 5.79. The number of carboxylic acids is 1. The van der Waals surface area contributed by atoms with E-state index in [1.165, 1.54) is 0 Å². The smallest absolute Gasteiger partial charge is 0.307 e. The number of carboxylic acid groups (broad SMARTS) is 1. The molecule has 0 fully saturated rings. The average Bonchev–Trinajstić information content (AvgIpc) is 2.55. The molecule has 5 heteroatoms. The van der Waals surface area contributed by atoms with Crippen molar-refractivity contribution in [1.82, 2.24) is 0 Å². The van der Waals surface area contributed by atoms with Crippen LogP contribution in [0.25, 0.3) is 0 Å². The van der Waals surface area contributed by atoms with Gasteiger partial charge < -0.3 is 14.9 Å². The zero-order valence-corrected chi connectivity index (χ0v) is 14.4. The van der Waals surface area contributed by atoms with Crippen molar-refractivity contribution in [2.75, 3.05) is 0 Å². The highest BCUT2D eigenvalue weighted by Gasteiger charge is 2.24. The predicted molar refractivity (Wildman–Crippen MR) is 93.3 cm³/mol. The van der Waals surface area contributed by atoms with Crippen LogP contribution in [0.2, 0.25) is 0 Å². The number of hydrogen-bond donors (Lipinski definition) is 2. The molecule has 2 N–H and O–H groups in total. The number of aromatic hydroxyl groups is 1. The minimum absolute atomic E-state index is 0.128. The number of esters is 1. The molecule has 0 saturated carbocycles. The van der Waals surface area contributed by atoms with Gasteiger partial charge in [-0.3, -0.25) is 9.59 Å². The zero-order chi connectivity index (χ0) is 18.4. The van der Waals surface area contributed by atoms with Crippen LogP contribution in [0, 0.1) is 19.8 Å². The number of ether oxygens (including phenoxy) is 1. The fourth-order valence-electron chi connectivity index (χ4n) is 2.78. The molecular weight excluding hydrogens is 320 g/mol. The molecule has 0 amide bonds. The topological polar surface area (TPSA) is 83.8 Å². The minimum atomic E-state index is -1.04. The average molecular weight is 342 g/mol. The Labute approximate surface area is 146 Å². The van der Waals surface area contributed by atoms with E-state index in [2.05, 4.69) is 0 Å². The maximum atomic E-state index is 12.0. The van der Waals surface area contributed by atoms with Gasteiger partial charge in [-0.2, -0.15) is 0 Å². The van der Waals surface area contributed by atoms with Crippen molar-refractivity contribution in [2.45, 2.75) is 33.3 Å². The van der Waals surface area contributed by atoms with E-state index in [0.29, 0.717) is 0 Å². The first kappa shape index (κ1) is 18.5. The number of carbonyl (C=O) groups is 2. The van der Waals surface area contributed by atoms with Crippen LogP contribution >= 0.6 is 0 Å². The van der Waals surface area contributed by atoms with Gasteiger partial charge in [0.15, 0.2) is 0 Å². The van der Waals surface area contributed by atoms with E-state index < -0.39 is 17.9 Å². The molecule has 0 aromatic heterocycles. The Bertz CT molecular complexity index is 729. The number of hydrogen-bond acceptors (Lipinski definition) is 4. The van der Waals surface area contributed by atoms with Crippen molar-refractivity contribution in [3.63, 3.8) is 0 Å². The number of carbonyl (C=O) groups excluding carboxylic acids is 1. The number of aliphatic carboxylic acids is 1. The van der Waals surface area contributed by atoms with E-state index in [9.17, 15) is 19.8 Å². The Morgan fingerprint density at radius 3 is 2.24 bits per heavy atom. The third-order valence-corrected chi connectivity index (χ3v) is 4.14. The van der Waals surface area contributed by atoms with E-state index in [-0.39, 0.29) is 25.2 Å². The van der Waals surface area contributed by atoms with Crippen molar-refractivity contribution in [1.29, 1.82) is 0 Å². The summed E-state index contributed by atoms with van der Waals surface area (Å²) in [6.45, 7) is 3.76. The summed E-state index contributed by atoms with van der Waals surface area (Å²) in [6, 6.07) is 12.4. The highest BCUT2D eigenvalue weighted by atomic mass is 16.5. The van der Waals surface area contributed by atoms with E-state index in [4.69, 9.17) is 4.74 Å². The van der Waals surface area contributed by atoms with Crippen LogP contribution in [0.4, 0.5) is 0 Å². The van der Waals surface area contributed by atoms with Gasteiger partial charge in [-0.05, 0) is 54.7 Å². The molecule has 0 spiro atoms. The van der Waals surface area contributed by atoms with Crippen LogP contribution < -0.4 is 0 Å². The van der Waals surface area contributed by atoms with Crippen molar-refractivity contribution in [3.05, 3.63) is 64.7 Å². The van der Waals surface area contributed by atoms with Crippen molar-refractivity contribution < 1.29 is 24.5 Å². The third-order valence-electron chi connectivity index (χ3n) is 4.14. The summed E-state index contributed by atoms with van der Waals surface area (Å²) in [6.07, 6.45) is 0.0235. The number of phenols is 1. The second-order valence-electron chi connectivity index (χ2n) is 6.15. The fraction of sp³-hybridized carbons (Fsp3) is 0.300. The van der Waals surface area contributed by atoms with Crippen LogP contribution in [0.1, 0.15) is 28.7 Å². The molecule has 5 nitrogen and oxygen atoms in total. The van der Waals surface area contributed by atoms with E-state index in [1.807, 2.05) is 44.2 Å². The van der Waals surface area contributed by atoms with E-state index in [1.54, 1.807) is 12.1 Å². The molecule has 0 radical (unpaired) electrons. The second kappa shape index (κ2) is 8.33. The Hall–Kier alpha value is -2.82. The summed E-state index contributed by atoms with van der Waals surface area (Å²) in [4.78, 5) is 23.6. The molecule has 2 aromatic rings.